The van der Waals surface area contributed by atoms with Gasteiger partial charge in [0.2, 0.25) is 0 Å². The first-order valence-electron chi connectivity index (χ1n) is 8.66. The van der Waals surface area contributed by atoms with Crippen molar-refractivity contribution >= 4 is 11.8 Å². The van der Waals surface area contributed by atoms with Crippen molar-refractivity contribution in [3.05, 3.63) is 41.9 Å². The molecule has 0 aliphatic carbocycles. The fraction of sp³-hybridized carbons (Fsp3) is 0.471. The molecule has 0 radical (unpaired) electrons. The molecular formula is C17H24F3N7. The van der Waals surface area contributed by atoms with Crippen molar-refractivity contribution in [3.8, 4) is 0 Å². The first-order valence-corrected chi connectivity index (χ1v) is 8.66. The molecule has 0 unspecified atom stereocenters. The van der Waals surface area contributed by atoms with Gasteiger partial charge in [0.1, 0.15) is 5.82 Å². The molecule has 0 saturated heterocycles. The molecule has 0 fully saturated rings. The van der Waals surface area contributed by atoms with Crippen LogP contribution in [-0.4, -0.2) is 40.4 Å². The van der Waals surface area contributed by atoms with E-state index in [0.29, 0.717) is 31.4 Å². The summed E-state index contributed by atoms with van der Waals surface area (Å²) in [7, 11) is 1.87. The van der Waals surface area contributed by atoms with Gasteiger partial charge in [-0.25, -0.2) is 9.98 Å². The van der Waals surface area contributed by atoms with Crippen LogP contribution in [0.4, 0.5) is 19.0 Å². The number of rotatable bonds is 8. The Morgan fingerprint density at radius 3 is 2.59 bits per heavy atom. The van der Waals surface area contributed by atoms with Crippen LogP contribution in [0.25, 0.3) is 0 Å². The molecule has 0 amide bonds. The third kappa shape index (κ3) is 6.80. The van der Waals surface area contributed by atoms with Gasteiger partial charge in [0.05, 0.1) is 17.8 Å². The third-order valence-corrected chi connectivity index (χ3v) is 3.71. The maximum atomic E-state index is 12.5. The van der Waals surface area contributed by atoms with Gasteiger partial charge in [-0.2, -0.15) is 18.3 Å². The molecule has 27 heavy (non-hydrogen) atoms. The number of hydrogen-bond acceptors (Lipinski definition) is 4. The van der Waals surface area contributed by atoms with Crippen LogP contribution in [0, 0.1) is 0 Å². The number of pyridine rings is 1. The minimum absolute atomic E-state index is 0.416. The fourth-order valence-corrected chi connectivity index (χ4v) is 2.24. The number of aliphatic imine (C=N–C) groups is 1. The normalized spacial score (nSPS) is 12.1. The predicted octanol–water partition coefficient (Wildman–Crippen LogP) is 2.39. The number of anilines is 1. The van der Waals surface area contributed by atoms with E-state index in [1.165, 1.54) is 6.07 Å². The predicted molar refractivity (Wildman–Crippen MR) is 98.4 cm³/mol. The number of alkyl halides is 3. The van der Waals surface area contributed by atoms with Gasteiger partial charge in [-0.1, -0.05) is 0 Å². The van der Waals surface area contributed by atoms with Gasteiger partial charge in [-0.05, 0) is 31.5 Å². The van der Waals surface area contributed by atoms with Gasteiger partial charge in [0, 0.05) is 39.1 Å². The van der Waals surface area contributed by atoms with Gasteiger partial charge in [-0.3, -0.25) is 4.68 Å². The highest BCUT2D eigenvalue weighted by Crippen LogP contribution is 2.28. The third-order valence-electron chi connectivity index (χ3n) is 3.71. The van der Waals surface area contributed by atoms with Gasteiger partial charge < -0.3 is 16.0 Å². The fourth-order valence-electron chi connectivity index (χ4n) is 2.24. The number of halogens is 3. The summed E-state index contributed by atoms with van der Waals surface area (Å²) in [6, 6.07) is 4.26. The lowest BCUT2D eigenvalue weighted by Crippen LogP contribution is -2.38. The van der Waals surface area contributed by atoms with E-state index in [2.05, 4.69) is 31.0 Å². The number of aromatic nitrogens is 3. The summed E-state index contributed by atoms with van der Waals surface area (Å²) in [6.07, 6.45) is -1.06. The van der Waals surface area contributed by atoms with E-state index in [-0.39, 0.29) is 0 Å². The van der Waals surface area contributed by atoms with Crippen molar-refractivity contribution in [1.82, 2.24) is 25.4 Å². The summed E-state index contributed by atoms with van der Waals surface area (Å²) in [5, 5.41) is 13.5. The Labute approximate surface area is 156 Å². The van der Waals surface area contributed by atoms with E-state index >= 15 is 0 Å². The lowest BCUT2D eigenvalue weighted by molar-refractivity contribution is -0.137. The maximum Gasteiger partial charge on any atom is 0.417 e. The minimum Gasteiger partial charge on any atom is -0.370 e. The number of aryl methyl sites for hydroxylation is 1. The van der Waals surface area contributed by atoms with Crippen molar-refractivity contribution in [2.45, 2.75) is 26.1 Å². The van der Waals surface area contributed by atoms with Crippen molar-refractivity contribution < 1.29 is 13.2 Å². The maximum absolute atomic E-state index is 12.5. The Morgan fingerprint density at radius 1 is 1.19 bits per heavy atom. The van der Waals surface area contributed by atoms with Crippen molar-refractivity contribution in [2.24, 2.45) is 12.0 Å². The topological polar surface area (TPSA) is 79.2 Å². The largest absolute Gasteiger partial charge is 0.417 e. The molecule has 0 aliphatic rings. The van der Waals surface area contributed by atoms with Gasteiger partial charge in [-0.15, -0.1) is 0 Å². The van der Waals surface area contributed by atoms with Crippen molar-refractivity contribution in [3.63, 3.8) is 0 Å². The first kappa shape index (κ1) is 20.5. The summed E-state index contributed by atoms with van der Waals surface area (Å²) in [5.41, 5.74) is 0.247. The monoisotopic (exact) mass is 383 g/mol. The molecule has 0 aromatic carbocycles. The standard InChI is InChI=1S/C17H24F3N7/c1-3-21-16(25-12-14-7-10-26-27(14)2)23-9-4-8-22-15-6-5-13(11-24-15)17(18,19)20/h5-7,10-11H,3-4,8-9,12H2,1-2H3,(H,22,24)(H2,21,23,25). The molecule has 2 aromatic rings. The molecule has 0 spiro atoms. The van der Waals surface area contributed by atoms with Crippen LogP contribution < -0.4 is 16.0 Å². The van der Waals surface area contributed by atoms with E-state index in [1.807, 2.05) is 20.0 Å². The molecule has 0 saturated carbocycles. The smallest absolute Gasteiger partial charge is 0.370 e. The van der Waals surface area contributed by atoms with E-state index in [0.717, 1.165) is 30.9 Å². The van der Waals surface area contributed by atoms with E-state index in [4.69, 9.17) is 0 Å². The molecule has 2 aromatic heterocycles. The average Bonchev–Trinajstić information content (AvgIpc) is 3.04. The molecule has 0 aliphatic heterocycles. The lowest BCUT2D eigenvalue weighted by atomic mass is 10.3. The van der Waals surface area contributed by atoms with Gasteiger partial charge in [0.25, 0.3) is 0 Å². The van der Waals surface area contributed by atoms with Crippen LogP contribution in [0.3, 0.4) is 0 Å². The Kier molecular flexibility index (Phi) is 7.44. The van der Waals surface area contributed by atoms with Crippen LogP contribution in [0.2, 0.25) is 0 Å². The van der Waals surface area contributed by atoms with Gasteiger partial charge in [0.15, 0.2) is 5.96 Å². The van der Waals surface area contributed by atoms with E-state index in [9.17, 15) is 13.2 Å². The second-order valence-electron chi connectivity index (χ2n) is 5.78. The zero-order chi connectivity index (χ0) is 19.7. The zero-order valence-corrected chi connectivity index (χ0v) is 15.3. The Balaban J connectivity index is 1.73. The number of nitrogens with zero attached hydrogens (tertiary/aromatic N) is 4. The molecular weight excluding hydrogens is 359 g/mol. The second-order valence-corrected chi connectivity index (χ2v) is 5.78. The highest BCUT2D eigenvalue weighted by atomic mass is 19.4. The molecule has 10 heteroatoms. The zero-order valence-electron chi connectivity index (χ0n) is 15.3. The van der Waals surface area contributed by atoms with E-state index in [1.54, 1.807) is 10.9 Å². The van der Waals surface area contributed by atoms with Crippen molar-refractivity contribution in [2.75, 3.05) is 25.0 Å². The first-order chi connectivity index (χ1) is 12.9. The number of nitrogens with one attached hydrogen (secondary N) is 3. The lowest BCUT2D eigenvalue weighted by Gasteiger charge is -2.12. The average molecular weight is 383 g/mol. The SMILES string of the molecule is CCNC(=NCc1ccnn1C)NCCCNc1ccc(C(F)(F)F)cn1. The van der Waals surface area contributed by atoms with Crippen LogP contribution in [0.5, 0.6) is 0 Å². The quantitative estimate of drug-likeness (QED) is 0.371. The number of hydrogen-bond donors (Lipinski definition) is 3. The molecule has 3 N–H and O–H groups in total. The highest BCUT2D eigenvalue weighted by Gasteiger charge is 2.30. The number of guanidine groups is 1. The summed E-state index contributed by atoms with van der Waals surface area (Å²) >= 11 is 0. The minimum atomic E-state index is -4.37. The van der Waals surface area contributed by atoms with Crippen LogP contribution >= 0.6 is 0 Å². The highest BCUT2D eigenvalue weighted by molar-refractivity contribution is 5.79. The Bertz CT molecular complexity index is 723. The summed E-state index contributed by atoms with van der Waals surface area (Å²) in [5.74, 6) is 1.12. The molecule has 0 atom stereocenters. The molecule has 2 heterocycles. The summed E-state index contributed by atoms with van der Waals surface area (Å²) in [4.78, 5) is 8.28. The summed E-state index contributed by atoms with van der Waals surface area (Å²) in [6.45, 7) is 4.47. The van der Waals surface area contributed by atoms with Crippen molar-refractivity contribution in [1.29, 1.82) is 0 Å². The second kappa shape index (κ2) is 9.79. The van der Waals surface area contributed by atoms with Gasteiger partial charge >= 0.3 is 6.18 Å². The van der Waals surface area contributed by atoms with E-state index < -0.39 is 11.7 Å². The molecule has 7 nitrogen and oxygen atoms in total. The Hall–Kier alpha value is -2.78. The van der Waals surface area contributed by atoms with Crippen LogP contribution in [0.1, 0.15) is 24.6 Å². The summed E-state index contributed by atoms with van der Waals surface area (Å²) < 4.78 is 39.3. The Morgan fingerprint density at radius 2 is 2.00 bits per heavy atom. The van der Waals surface area contributed by atoms with Crippen LogP contribution in [0.15, 0.2) is 35.6 Å². The van der Waals surface area contributed by atoms with Crippen LogP contribution in [-0.2, 0) is 19.8 Å². The molecule has 0 bridgehead atoms. The molecule has 148 valence electrons. The molecule has 2 rings (SSSR count).